The van der Waals surface area contributed by atoms with E-state index in [4.69, 9.17) is 5.26 Å². The number of ether oxygens (including phenoxy) is 1. The fraction of sp³-hybridized carbons (Fsp3) is 0.0909. The monoisotopic (exact) mass is 187 g/mol. The van der Waals surface area contributed by atoms with Gasteiger partial charge in [-0.2, -0.15) is 0 Å². The Morgan fingerprint density at radius 2 is 2.14 bits per heavy atom. The maximum Gasteiger partial charge on any atom is 0.325 e. The second kappa shape index (κ2) is 5.55. The summed E-state index contributed by atoms with van der Waals surface area (Å²) in [6, 6.07) is 9.58. The molecule has 70 valence electrons. The van der Waals surface area contributed by atoms with Gasteiger partial charge >= 0.3 is 5.97 Å². The number of esters is 1. The Morgan fingerprint density at radius 1 is 1.43 bits per heavy atom. The number of rotatable bonds is 3. The Kier molecular flexibility index (Phi) is 3.96. The first-order valence-corrected chi connectivity index (χ1v) is 4.13. The molecule has 0 bridgehead atoms. The van der Waals surface area contributed by atoms with E-state index in [0.29, 0.717) is 0 Å². The number of nitriles is 1. The van der Waals surface area contributed by atoms with Crippen LogP contribution >= 0.6 is 0 Å². The van der Waals surface area contributed by atoms with Gasteiger partial charge in [0, 0.05) is 0 Å². The summed E-state index contributed by atoms with van der Waals surface area (Å²) in [5.41, 5.74) is 1.01. The van der Waals surface area contributed by atoms with Gasteiger partial charge < -0.3 is 4.74 Å². The van der Waals surface area contributed by atoms with Crippen molar-refractivity contribution in [2.45, 2.75) is 6.42 Å². The minimum absolute atomic E-state index is 0.114. The van der Waals surface area contributed by atoms with E-state index in [1.54, 1.807) is 12.2 Å². The van der Waals surface area contributed by atoms with Crippen molar-refractivity contribution in [3.05, 3.63) is 42.0 Å². The molecule has 0 radical (unpaired) electrons. The molecule has 0 fully saturated rings. The maximum atomic E-state index is 10.7. The van der Waals surface area contributed by atoms with Crippen LogP contribution in [0.1, 0.15) is 12.0 Å². The molecular weight excluding hydrogens is 178 g/mol. The Morgan fingerprint density at radius 3 is 2.79 bits per heavy atom. The molecule has 0 aliphatic rings. The fourth-order valence-corrected chi connectivity index (χ4v) is 0.948. The number of benzene rings is 1. The molecule has 0 aliphatic heterocycles. The van der Waals surface area contributed by atoms with E-state index in [2.05, 4.69) is 4.74 Å². The zero-order chi connectivity index (χ0) is 10.2. The fourth-order valence-electron chi connectivity index (χ4n) is 0.948. The summed E-state index contributed by atoms with van der Waals surface area (Å²) in [4.78, 5) is 10.7. The zero-order valence-corrected chi connectivity index (χ0v) is 7.51. The van der Waals surface area contributed by atoms with E-state index < -0.39 is 5.97 Å². The van der Waals surface area contributed by atoms with E-state index >= 15 is 0 Å². The van der Waals surface area contributed by atoms with Gasteiger partial charge in [0.2, 0.25) is 0 Å². The van der Waals surface area contributed by atoms with Gasteiger partial charge in [0.05, 0.1) is 6.42 Å². The first kappa shape index (κ1) is 10.0. The van der Waals surface area contributed by atoms with Crippen LogP contribution in [0.5, 0.6) is 0 Å². The summed E-state index contributed by atoms with van der Waals surface area (Å²) >= 11 is 0. The zero-order valence-electron chi connectivity index (χ0n) is 7.51. The molecule has 0 amide bonds. The van der Waals surface area contributed by atoms with Crippen LogP contribution in [0.3, 0.4) is 0 Å². The summed E-state index contributed by atoms with van der Waals surface area (Å²) in [7, 11) is 0. The van der Waals surface area contributed by atoms with Gasteiger partial charge in [0.1, 0.15) is 0 Å². The van der Waals surface area contributed by atoms with Gasteiger partial charge in [-0.05, 0) is 5.56 Å². The van der Waals surface area contributed by atoms with Gasteiger partial charge in [-0.1, -0.05) is 42.5 Å². The van der Waals surface area contributed by atoms with E-state index in [0.717, 1.165) is 5.56 Å². The summed E-state index contributed by atoms with van der Waals surface area (Å²) < 4.78 is 4.10. The van der Waals surface area contributed by atoms with Crippen molar-refractivity contribution in [3.8, 4) is 6.26 Å². The second-order valence-electron chi connectivity index (χ2n) is 2.58. The molecular formula is C11H9NO2. The molecule has 0 unspecified atom stereocenters. The largest absolute Gasteiger partial charge is 0.351 e. The molecule has 14 heavy (non-hydrogen) atoms. The molecule has 0 saturated carbocycles. The van der Waals surface area contributed by atoms with Gasteiger partial charge in [-0.15, -0.1) is 5.26 Å². The van der Waals surface area contributed by atoms with Crippen LogP contribution in [0.4, 0.5) is 0 Å². The molecule has 1 aromatic carbocycles. The molecule has 3 nitrogen and oxygen atoms in total. The highest BCUT2D eigenvalue weighted by Crippen LogP contribution is 2.01. The highest BCUT2D eigenvalue weighted by molar-refractivity contribution is 5.73. The second-order valence-corrected chi connectivity index (χ2v) is 2.58. The Balaban J connectivity index is 2.43. The van der Waals surface area contributed by atoms with Crippen molar-refractivity contribution in [2.24, 2.45) is 0 Å². The van der Waals surface area contributed by atoms with Gasteiger partial charge in [-0.3, -0.25) is 4.79 Å². The third kappa shape index (κ3) is 3.55. The quantitative estimate of drug-likeness (QED) is 0.538. The van der Waals surface area contributed by atoms with Gasteiger partial charge in [-0.25, -0.2) is 0 Å². The number of hydrogen-bond donors (Lipinski definition) is 0. The van der Waals surface area contributed by atoms with Crippen LogP contribution in [0, 0.1) is 11.5 Å². The molecule has 0 aromatic heterocycles. The lowest BCUT2D eigenvalue weighted by atomic mass is 10.2. The molecule has 1 aromatic rings. The summed E-state index contributed by atoms with van der Waals surface area (Å²) in [6.45, 7) is 0. The van der Waals surface area contributed by atoms with Crippen LogP contribution < -0.4 is 0 Å². The number of carbonyl (C=O) groups excluding carboxylic acids is 1. The van der Waals surface area contributed by atoms with Crippen molar-refractivity contribution >= 4 is 12.0 Å². The molecule has 1 rings (SSSR count). The highest BCUT2D eigenvalue weighted by Gasteiger charge is 1.96. The minimum Gasteiger partial charge on any atom is -0.351 e. The first-order chi connectivity index (χ1) is 6.83. The number of carbonyl (C=O) groups is 1. The third-order valence-electron chi connectivity index (χ3n) is 1.55. The van der Waals surface area contributed by atoms with Crippen molar-refractivity contribution in [2.75, 3.05) is 0 Å². The average molecular weight is 187 g/mol. The van der Waals surface area contributed by atoms with E-state index in [1.807, 2.05) is 30.3 Å². The lowest BCUT2D eigenvalue weighted by Crippen LogP contribution is -1.96. The van der Waals surface area contributed by atoms with Crippen LogP contribution in [0.25, 0.3) is 6.08 Å². The average Bonchev–Trinajstić information content (AvgIpc) is 2.20. The molecule has 0 saturated heterocycles. The molecule has 0 spiro atoms. The van der Waals surface area contributed by atoms with Crippen LogP contribution in [0.2, 0.25) is 0 Å². The van der Waals surface area contributed by atoms with Crippen LogP contribution in [-0.2, 0) is 9.53 Å². The molecule has 0 aliphatic carbocycles. The smallest absolute Gasteiger partial charge is 0.325 e. The molecule has 0 heterocycles. The SMILES string of the molecule is N#COC(=O)C/C=C/c1ccccc1. The van der Waals surface area contributed by atoms with Crippen molar-refractivity contribution in [1.82, 2.24) is 0 Å². The Labute approximate surface area is 82.2 Å². The number of nitrogens with zero attached hydrogens (tertiary/aromatic N) is 1. The Bertz CT molecular complexity index is 363. The number of hydrogen-bond acceptors (Lipinski definition) is 3. The third-order valence-corrected chi connectivity index (χ3v) is 1.55. The molecule has 0 atom stereocenters. The lowest BCUT2D eigenvalue weighted by molar-refractivity contribution is -0.135. The lowest BCUT2D eigenvalue weighted by Gasteiger charge is -1.91. The molecule has 0 N–H and O–H groups in total. The molecule has 3 heteroatoms. The first-order valence-electron chi connectivity index (χ1n) is 4.13. The topological polar surface area (TPSA) is 50.1 Å². The minimum atomic E-state index is -0.542. The summed E-state index contributed by atoms with van der Waals surface area (Å²) in [6.07, 6.45) is 4.91. The van der Waals surface area contributed by atoms with Crippen molar-refractivity contribution in [3.63, 3.8) is 0 Å². The van der Waals surface area contributed by atoms with E-state index in [9.17, 15) is 4.79 Å². The maximum absolute atomic E-state index is 10.7. The van der Waals surface area contributed by atoms with Gasteiger partial charge in [0.15, 0.2) is 0 Å². The summed E-state index contributed by atoms with van der Waals surface area (Å²) in [5.74, 6) is -0.542. The standard InChI is InChI=1S/C11H9NO2/c12-9-14-11(13)8-4-7-10-5-2-1-3-6-10/h1-7H,8H2/b7-4+. The normalized spacial score (nSPS) is 9.64. The van der Waals surface area contributed by atoms with Crippen molar-refractivity contribution in [1.29, 1.82) is 5.26 Å². The van der Waals surface area contributed by atoms with Crippen LogP contribution in [-0.4, -0.2) is 5.97 Å². The van der Waals surface area contributed by atoms with E-state index in [1.165, 1.54) is 6.26 Å². The summed E-state index contributed by atoms with van der Waals surface area (Å²) in [5, 5.41) is 8.04. The van der Waals surface area contributed by atoms with Crippen molar-refractivity contribution < 1.29 is 9.53 Å². The van der Waals surface area contributed by atoms with E-state index in [-0.39, 0.29) is 6.42 Å². The predicted molar refractivity (Wildman–Crippen MR) is 51.8 cm³/mol. The highest BCUT2D eigenvalue weighted by atomic mass is 16.5. The van der Waals surface area contributed by atoms with Gasteiger partial charge in [0.25, 0.3) is 6.26 Å². The Hall–Kier alpha value is -2.08. The van der Waals surface area contributed by atoms with Crippen LogP contribution in [0.15, 0.2) is 36.4 Å². The predicted octanol–water partition coefficient (Wildman–Crippen LogP) is 2.11.